The minimum Gasteiger partial charge on any atom is -0.387 e. The smallest absolute Gasteiger partial charge is 0.387 e. The van der Waals surface area contributed by atoms with Crippen LogP contribution in [0.4, 0.5) is 19.0 Å². The molecule has 10 nitrogen and oxygen atoms in total. The minimum atomic E-state index is -4.84. The van der Waals surface area contributed by atoms with E-state index in [1.54, 1.807) is 0 Å². The molecule has 0 spiro atoms. The standard InChI is InChI=1S/C17H16F3N5O5/c1-7(2)15(29)24-13-8-5-23-25(14(8)22-6-21-13)16-11(28)10(27)12(30-16)9(26)3-4-17(18,19)20/h5-6,9-12,16,26-28H,1H2,2H3,(H,21,22,24,29)/t9?,10-,11+,12+,16+/m0/s1. The van der Waals surface area contributed by atoms with Gasteiger partial charge in [0.25, 0.3) is 5.91 Å². The third-order valence-electron chi connectivity index (χ3n) is 4.20. The molecule has 0 radical (unpaired) electrons. The van der Waals surface area contributed by atoms with Gasteiger partial charge in [-0.25, -0.2) is 14.6 Å². The second-order valence-corrected chi connectivity index (χ2v) is 6.47. The number of nitrogens with one attached hydrogen (secondary N) is 1. The van der Waals surface area contributed by atoms with Crippen LogP contribution in [-0.2, 0) is 9.53 Å². The highest BCUT2D eigenvalue weighted by atomic mass is 19.4. The van der Waals surface area contributed by atoms with E-state index in [2.05, 4.69) is 27.0 Å². The number of carbonyl (C=O) groups excluding carboxylic acids is 1. The van der Waals surface area contributed by atoms with Crippen molar-refractivity contribution in [1.29, 1.82) is 0 Å². The van der Waals surface area contributed by atoms with Crippen molar-refractivity contribution in [2.24, 2.45) is 0 Å². The van der Waals surface area contributed by atoms with Crippen LogP contribution in [0.15, 0.2) is 24.7 Å². The van der Waals surface area contributed by atoms with Gasteiger partial charge in [0.05, 0.1) is 11.6 Å². The number of rotatable bonds is 4. The molecule has 2 aromatic heterocycles. The molecule has 1 unspecified atom stereocenters. The van der Waals surface area contributed by atoms with Crippen molar-refractivity contribution in [2.75, 3.05) is 5.32 Å². The van der Waals surface area contributed by atoms with E-state index in [0.29, 0.717) is 0 Å². The van der Waals surface area contributed by atoms with Crippen LogP contribution >= 0.6 is 0 Å². The highest BCUT2D eigenvalue weighted by molar-refractivity contribution is 6.06. The van der Waals surface area contributed by atoms with Gasteiger partial charge >= 0.3 is 6.18 Å². The van der Waals surface area contributed by atoms with Gasteiger partial charge in [-0.1, -0.05) is 12.5 Å². The number of fused-ring (bicyclic) bond motifs is 1. The molecule has 0 saturated carbocycles. The zero-order chi connectivity index (χ0) is 22.2. The van der Waals surface area contributed by atoms with Crippen LogP contribution in [0.1, 0.15) is 13.2 Å². The molecule has 0 bridgehead atoms. The predicted molar refractivity (Wildman–Crippen MR) is 94.5 cm³/mol. The van der Waals surface area contributed by atoms with Crippen LogP contribution in [0, 0.1) is 11.8 Å². The molecule has 30 heavy (non-hydrogen) atoms. The number of halogens is 3. The maximum atomic E-state index is 12.2. The molecule has 160 valence electrons. The molecule has 0 aromatic carbocycles. The number of aromatic nitrogens is 4. The van der Waals surface area contributed by atoms with Crippen LogP contribution in [0.5, 0.6) is 0 Å². The third-order valence-corrected chi connectivity index (χ3v) is 4.20. The van der Waals surface area contributed by atoms with Crippen LogP contribution in [0.2, 0.25) is 0 Å². The molecule has 5 atom stereocenters. The molecular formula is C17H16F3N5O5. The molecule has 1 fully saturated rings. The SMILES string of the molecule is C=C(C)C(=O)Nc1ncnc2c1cnn2[C@@H]1O[C@H](C(O)C#CC(F)(F)F)[C@@H](O)[C@H]1O. The van der Waals surface area contributed by atoms with Crippen molar-refractivity contribution in [2.45, 2.75) is 43.7 Å². The van der Waals surface area contributed by atoms with Crippen molar-refractivity contribution in [1.82, 2.24) is 19.7 Å². The van der Waals surface area contributed by atoms with Crippen LogP contribution in [-0.4, -0.2) is 71.6 Å². The van der Waals surface area contributed by atoms with Gasteiger partial charge in [-0.05, 0) is 6.92 Å². The fourth-order valence-electron chi connectivity index (χ4n) is 2.75. The molecule has 1 aliphatic rings. The Bertz CT molecular complexity index is 1040. The molecular weight excluding hydrogens is 411 g/mol. The summed E-state index contributed by atoms with van der Waals surface area (Å²) in [7, 11) is 0. The Kier molecular flexibility index (Phi) is 5.77. The van der Waals surface area contributed by atoms with Gasteiger partial charge in [-0.15, -0.1) is 0 Å². The predicted octanol–water partition coefficient (Wildman–Crippen LogP) is -0.113. The van der Waals surface area contributed by atoms with Gasteiger partial charge in [-0.2, -0.15) is 18.3 Å². The Morgan fingerprint density at radius 2 is 2.07 bits per heavy atom. The van der Waals surface area contributed by atoms with E-state index in [1.165, 1.54) is 19.0 Å². The summed E-state index contributed by atoms with van der Waals surface area (Å²) in [5.74, 6) is 2.02. The number of aliphatic hydroxyl groups is 3. The van der Waals surface area contributed by atoms with E-state index in [0.717, 1.165) is 16.9 Å². The lowest BCUT2D eigenvalue weighted by Gasteiger charge is -2.16. The second-order valence-electron chi connectivity index (χ2n) is 6.47. The topological polar surface area (TPSA) is 143 Å². The Hall–Kier alpha value is -3.05. The number of ether oxygens (including phenoxy) is 1. The number of anilines is 1. The molecule has 1 saturated heterocycles. The van der Waals surface area contributed by atoms with E-state index >= 15 is 0 Å². The Labute approximate surface area is 167 Å². The van der Waals surface area contributed by atoms with E-state index < -0.39 is 42.7 Å². The zero-order valence-electron chi connectivity index (χ0n) is 15.3. The summed E-state index contributed by atoms with van der Waals surface area (Å²) in [5.41, 5.74) is 0.318. The first-order valence-corrected chi connectivity index (χ1v) is 8.43. The lowest BCUT2D eigenvalue weighted by atomic mass is 10.1. The van der Waals surface area contributed by atoms with Gasteiger partial charge < -0.3 is 25.4 Å². The molecule has 13 heteroatoms. The fraction of sp³-hybridized carbons (Fsp3) is 0.412. The van der Waals surface area contributed by atoms with Gasteiger partial charge in [-0.3, -0.25) is 4.79 Å². The van der Waals surface area contributed by atoms with Gasteiger partial charge in [0, 0.05) is 11.5 Å². The Balaban J connectivity index is 1.89. The van der Waals surface area contributed by atoms with Crippen molar-refractivity contribution < 1.29 is 38.0 Å². The Morgan fingerprint density at radius 1 is 1.37 bits per heavy atom. The average molecular weight is 427 g/mol. The number of carbonyl (C=O) groups is 1. The highest BCUT2D eigenvalue weighted by Gasteiger charge is 2.47. The lowest BCUT2D eigenvalue weighted by molar-refractivity contribution is -0.112. The van der Waals surface area contributed by atoms with E-state index in [9.17, 15) is 33.3 Å². The summed E-state index contributed by atoms with van der Waals surface area (Å²) >= 11 is 0. The summed E-state index contributed by atoms with van der Waals surface area (Å²) in [6, 6.07) is 0. The molecule has 3 heterocycles. The number of hydrogen-bond donors (Lipinski definition) is 4. The van der Waals surface area contributed by atoms with Crippen molar-refractivity contribution in [3.63, 3.8) is 0 Å². The molecule has 3 rings (SSSR count). The van der Waals surface area contributed by atoms with E-state index in [-0.39, 0.29) is 22.4 Å². The first kappa shape index (κ1) is 21.7. The number of hydrogen-bond acceptors (Lipinski definition) is 8. The Morgan fingerprint density at radius 3 is 2.70 bits per heavy atom. The van der Waals surface area contributed by atoms with Crippen molar-refractivity contribution in [3.05, 3.63) is 24.7 Å². The maximum absolute atomic E-state index is 12.2. The molecule has 4 N–H and O–H groups in total. The third kappa shape index (κ3) is 4.26. The average Bonchev–Trinajstić information content (AvgIpc) is 3.21. The van der Waals surface area contributed by atoms with Crippen LogP contribution in [0.3, 0.4) is 0 Å². The molecule has 0 aliphatic carbocycles. The van der Waals surface area contributed by atoms with Gasteiger partial charge in [0.15, 0.2) is 11.9 Å². The normalized spacial score (nSPS) is 24.9. The summed E-state index contributed by atoms with van der Waals surface area (Å²) < 4.78 is 43.1. The van der Waals surface area contributed by atoms with Crippen molar-refractivity contribution >= 4 is 22.8 Å². The molecule has 2 aromatic rings. The number of amides is 1. The largest absolute Gasteiger partial charge is 0.457 e. The quantitative estimate of drug-likeness (QED) is 0.391. The minimum absolute atomic E-state index is 0.0924. The summed E-state index contributed by atoms with van der Waals surface area (Å²) in [4.78, 5) is 19.8. The summed E-state index contributed by atoms with van der Waals surface area (Å²) in [5, 5.41) is 37.0. The fourth-order valence-corrected chi connectivity index (χ4v) is 2.75. The maximum Gasteiger partial charge on any atom is 0.457 e. The summed E-state index contributed by atoms with van der Waals surface area (Å²) in [6.07, 6.45) is -11.0. The number of aliphatic hydroxyl groups excluding tert-OH is 3. The molecule has 1 aliphatic heterocycles. The lowest BCUT2D eigenvalue weighted by Crippen LogP contribution is -2.38. The van der Waals surface area contributed by atoms with Gasteiger partial charge in [0.2, 0.25) is 0 Å². The first-order chi connectivity index (χ1) is 14.0. The van der Waals surface area contributed by atoms with Crippen LogP contribution < -0.4 is 5.32 Å². The van der Waals surface area contributed by atoms with Crippen LogP contribution in [0.25, 0.3) is 11.0 Å². The zero-order valence-corrected chi connectivity index (χ0v) is 15.3. The van der Waals surface area contributed by atoms with Crippen molar-refractivity contribution in [3.8, 4) is 11.8 Å². The monoisotopic (exact) mass is 427 g/mol. The van der Waals surface area contributed by atoms with Gasteiger partial charge in [0.1, 0.15) is 36.6 Å². The summed E-state index contributed by atoms with van der Waals surface area (Å²) in [6.45, 7) is 5.00. The molecule has 1 amide bonds. The highest BCUT2D eigenvalue weighted by Crippen LogP contribution is 2.33. The van der Waals surface area contributed by atoms with E-state index in [1.807, 2.05) is 0 Å². The number of nitrogens with zero attached hydrogens (tertiary/aromatic N) is 4. The van der Waals surface area contributed by atoms with E-state index in [4.69, 9.17) is 4.74 Å². The number of alkyl halides is 3. The first-order valence-electron chi connectivity index (χ1n) is 8.43. The second kappa shape index (κ2) is 8.00.